The molecule has 0 N–H and O–H groups in total. The lowest BCUT2D eigenvalue weighted by molar-refractivity contribution is 0.105. The largest absolute Gasteiger partial charge is 0.288 e. The minimum Gasteiger partial charge on any atom is -0.288 e. The van der Waals surface area contributed by atoms with Crippen LogP contribution in [-0.2, 0) is 0 Å². The Bertz CT molecular complexity index is 564. The smallest absolute Gasteiger partial charge is 0.195 e. The van der Waals surface area contributed by atoms with Crippen molar-refractivity contribution in [3.8, 4) is 0 Å². The molecule has 0 fully saturated rings. The Kier molecular flexibility index (Phi) is 3.55. The summed E-state index contributed by atoms with van der Waals surface area (Å²) in [6.45, 7) is 4.05. The van der Waals surface area contributed by atoms with Crippen molar-refractivity contribution in [2.45, 2.75) is 13.8 Å². The Morgan fingerprint density at radius 3 is 2.53 bits per heavy atom. The molecule has 2 aromatic rings. The van der Waals surface area contributed by atoms with E-state index in [-0.39, 0.29) is 5.78 Å². The van der Waals surface area contributed by atoms with Gasteiger partial charge < -0.3 is 0 Å². The maximum atomic E-state index is 11.9. The van der Waals surface area contributed by atoms with Gasteiger partial charge in [0, 0.05) is 4.88 Å². The van der Waals surface area contributed by atoms with Crippen molar-refractivity contribution in [1.29, 1.82) is 0 Å². The first-order valence-electron chi connectivity index (χ1n) is 5.51. The van der Waals surface area contributed by atoms with Crippen LogP contribution < -0.4 is 0 Å². The van der Waals surface area contributed by atoms with Crippen molar-refractivity contribution < 1.29 is 4.79 Å². The molecule has 0 spiro atoms. The first kappa shape index (κ1) is 11.8. The van der Waals surface area contributed by atoms with Gasteiger partial charge in [-0.05, 0) is 43.2 Å². The standard InChI is InChI=1S/C15H14OS/c1-11-5-3-4-6-13(11)8-9-14(16)15-10-7-12(2)17-15/h3-10H,1-2H3. The Hall–Kier alpha value is -1.67. The SMILES string of the molecule is Cc1ccc(C(=O)C=Cc2ccccc2C)s1. The maximum Gasteiger partial charge on any atom is 0.195 e. The fourth-order valence-electron chi connectivity index (χ4n) is 1.59. The van der Waals surface area contributed by atoms with Crippen molar-refractivity contribution in [3.05, 3.63) is 63.4 Å². The van der Waals surface area contributed by atoms with Crippen LogP contribution in [0.2, 0.25) is 0 Å². The fraction of sp³-hybridized carbons (Fsp3) is 0.133. The molecule has 0 aliphatic heterocycles. The number of aryl methyl sites for hydroxylation is 2. The predicted molar refractivity (Wildman–Crippen MR) is 73.6 cm³/mol. The number of benzene rings is 1. The average molecular weight is 242 g/mol. The first-order chi connectivity index (χ1) is 8.16. The zero-order valence-corrected chi connectivity index (χ0v) is 10.8. The molecule has 0 saturated heterocycles. The van der Waals surface area contributed by atoms with Gasteiger partial charge in [-0.1, -0.05) is 30.3 Å². The summed E-state index contributed by atoms with van der Waals surface area (Å²) in [7, 11) is 0. The molecule has 0 amide bonds. The molecule has 17 heavy (non-hydrogen) atoms. The van der Waals surface area contributed by atoms with E-state index >= 15 is 0 Å². The van der Waals surface area contributed by atoms with Gasteiger partial charge in [0.1, 0.15) is 0 Å². The van der Waals surface area contributed by atoms with Crippen molar-refractivity contribution in [2.75, 3.05) is 0 Å². The summed E-state index contributed by atoms with van der Waals surface area (Å²) in [6.07, 6.45) is 3.53. The minimum absolute atomic E-state index is 0.0753. The van der Waals surface area contributed by atoms with E-state index in [0.29, 0.717) is 0 Å². The second-order valence-electron chi connectivity index (χ2n) is 3.96. The number of ketones is 1. The lowest BCUT2D eigenvalue weighted by Crippen LogP contribution is -1.89. The Labute approximate surface area is 105 Å². The highest BCUT2D eigenvalue weighted by atomic mass is 32.1. The van der Waals surface area contributed by atoms with Crippen LogP contribution in [0.1, 0.15) is 25.7 Å². The highest BCUT2D eigenvalue weighted by Crippen LogP contribution is 2.17. The van der Waals surface area contributed by atoms with Crippen LogP contribution in [-0.4, -0.2) is 5.78 Å². The summed E-state index contributed by atoms with van der Waals surface area (Å²) in [5.41, 5.74) is 2.27. The monoisotopic (exact) mass is 242 g/mol. The van der Waals surface area contributed by atoms with Crippen LogP contribution in [0.5, 0.6) is 0 Å². The number of hydrogen-bond acceptors (Lipinski definition) is 2. The normalized spacial score (nSPS) is 10.9. The molecule has 1 aromatic heterocycles. The molecule has 0 atom stereocenters. The van der Waals surface area contributed by atoms with Gasteiger partial charge in [0.15, 0.2) is 5.78 Å². The highest BCUT2D eigenvalue weighted by molar-refractivity contribution is 7.14. The molecular weight excluding hydrogens is 228 g/mol. The number of allylic oxidation sites excluding steroid dienone is 1. The molecule has 1 aromatic carbocycles. The summed E-state index contributed by atoms with van der Waals surface area (Å²) in [4.78, 5) is 13.8. The third-order valence-corrected chi connectivity index (χ3v) is 3.60. The van der Waals surface area contributed by atoms with E-state index in [9.17, 15) is 4.79 Å². The van der Waals surface area contributed by atoms with E-state index in [2.05, 4.69) is 0 Å². The number of carbonyl (C=O) groups excluding carboxylic acids is 1. The van der Waals surface area contributed by atoms with E-state index in [1.54, 1.807) is 6.08 Å². The number of thiophene rings is 1. The molecule has 1 heterocycles. The lowest BCUT2D eigenvalue weighted by atomic mass is 10.1. The van der Waals surface area contributed by atoms with Gasteiger partial charge in [0.25, 0.3) is 0 Å². The third-order valence-electron chi connectivity index (χ3n) is 2.59. The van der Waals surface area contributed by atoms with Crippen LogP contribution >= 0.6 is 11.3 Å². The van der Waals surface area contributed by atoms with E-state index in [1.165, 1.54) is 16.9 Å². The maximum absolute atomic E-state index is 11.9. The Balaban J connectivity index is 2.17. The van der Waals surface area contributed by atoms with Gasteiger partial charge in [-0.15, -0.1) is 11.3 Å². The molecule has 0 bridgehead atoms. The molecular formula is C15H14OS. The Morgan fingerprint density at radius 2 is 1.88 bits per heavy atom. The van der Waals surface area contributed by atoms with Crippen LogP contribution in [0.3, 0.4) is 0 Å². The summed E-state index contributed by atoms with van der Waals surface area (Å²) in [5, 5.41) is 0. The van der Waals surface area contributed by atoms with Gasteiger partial charge in [-0.2, -0.15) is 0 Å². The summed E-state index contributed by atoms with van der Waals surface area (Å²) >= 11 is 1.53. The zero-order chi connectivity index (χ0) is 12.3. The second-order valence-corrected chi connectivity index (χ2v) is 5.25. The first-order valence-corrected chi connectivity index (χ1v) is 6.33. The lowest BCUT2D eigenvalue weighted by Gasteiger charge is -1.97. The average Bonchev–Trinajstić information content (AvgIpc) is 2.74. The Morgan fingerprint density at radius 1 is 1.12 bits per heavy atom. The zero-order valence-electron chi connectivity index (χ0n) is 9.94. The predicted octanol–water partition coefficient (Wildman–Crippen LogP) is 4.26. The summed E-state index contributed by atoms with van der Waals surface area (Å²) < 4.78 is 0. The summed E-state index contributed by atoms with van der Waals surface area (Å²) in [5.74, 6) is 0.0753. The highest BCUT2D eigenvalue weighted by Gasteiger charge is 2.03. The molecule has 0 saturated carbocycles. The van der Waals surface area contributed by atoms with E-state index in [4.69, 9.17) is 0 Å². The molecule has 2 rings (SSSR count). The molecule has 86 valence electrons. The van der Waals surface area contributed by atoms with E-state index < -0.39 is 0 Å². The molecule has 0 unspecified atom stereocenters. The molecule has 2 heteroatoms. The molecule has 0 aliphatic carbocycles. The molecule has 0 radical (unpaired) electrons. The van der Waals surface area contributed by atoms with Crippen LogP contribution in [0.4, 0.5) is 0 Å². The van der Waals surface area contributed by atoms with Crippen LogP contribution in [0.25, 0.3) is 6.08 Å². The van der Waals surface area contributed by atoms with Gasteiger partial charge in [-0.3, -0.25) is 4.79 Å². The van der Waals surface area contributed by atoms with Crippen LogP contribution in [0.15, 0.2) is 42.5 Å². The van der Waals surface area contributed by atoms with Gasteiger partial charge in [-0.25, -0.2) is 0 Å². The quantitative estimate of drug-likeness (QED) is 0.580. The van der Waals surface area contributed by atoms with Gasteiger partial charge in [0.05, 0.1) is 4.88 Å². The second kappa shape index (κ2) is 5.11. The fourth-order valence-corrected chi connectivity index (χ4v) is 2.38. The number of carbonyl (C=O) groups is 1. The minimum atomic E-state index is 0.0753. The van der Waals surface area contributed by atoms with Crippen LogP contribution in [0, 0.1) is 13.8 Å². The number of rotatable bonds is 3. The molecule has 0 aliphatic rings. The van der Waals surface area contributed by atoms with Gasteiger partial charge in [0.2, 0.25) is 0 Å². The van der Waals surface area contributed by atoms with Crippen molar-refractivity contribution >= 4 is 23.2 Å². The number of hydrogen-bond donors (Lipinski definition) is 0. The molecule has 1 nitrogen and oxygen atoms in total. The van der Waals surface area contributed by atoms with E-state index in [1.807, 2.05) is 56.3 Å². The van der Waals surface area contributed by atoms with E-state index in [0.717, 1.165) is 15.3 Å². The third kappa shape index (κ3) is 2.92. The topological polar surface area (TPSA) is 17.1 Å². The van der Waals surface area contributed by atoms with Crippen molar-refractivity contribution in [1.82, 2.24) is 0 Å². The van der Waals surface area contributed by atoms with Gasteiger partial charge >= 0.3 is 0 Å². The van der Waals surface area contributed by atoms with Crippen molar-refractivity contribution in [2.24, 2.45) is 0 Å². The summed E-state index contributed by atoms with van der Waals surface area (Å²) in [6, 6.07) is 11.9. The van der Waals surface area contributed by atoms with Crippen molar-refractivity contribution in [3.63, 3.8) is 0 Å².